The molecule has 1 saturated heterocycles. The number of halogens is 2. The van der Waals surface area contributed by atoms with Gasteiger partial charge in [0.2, 0.25) is 0 Å². The monoisotopic (exact) mass is 294 g/mol. The van der Waals surface area contributed by atoms with Gasteiger partial charge in [-0.2, -0.15) is 0 Å². The summed E-state index contributed by atoms with van der Waals surface area (Å²) in [5, 5.41) is 6.17. The van der Waals surface area contributed by atoms with Crippen LogP contribution in [0.3, 0.4) is 0 Å². The lowest BCUT2D eigenvalue weighted by Crippen LogP contribution is -2.41. The highest BCUT2D eigenvalue weighted by Crippen LogP contribution is 2.32. The zero-order chi connectivity index (χ0) is 15.0. The Kier molecular flexibility index (Phi) is 3.93. The van der Waals surface area contributed by atoms with Gasteiger partial charge in [-0.3, -0.25) is 4.79 Å². The predicted molar refractivity (Wildman–Crippen MR) is 76.0 cm³/mol. The van der Waals surface area contributed by atoms with Crippen LogP contribution in [-0.4, -0.2) is 25.0 Å². The van der Waals surface area contributed by atoms with E-state index in [0.717, 1.165) is 38.4 Å². The molecule has 1 aromatic carbocycles. The van der Waals surface area contributed by atoms with Crippen LogP contribution in [0.4, 0.5) is 8.78 Å². The summed E-state index contributed by atoms with van der Waals surface area (Å²) < 4.78 is 27.7. The van der Waals surface area contributed by atoms with Gasteiger partial charge in [0.05, 0.1) is 0 Å². The fourth-order valence-corrected chi connectivity index (χ4v) is 3.55. The van der Waals surface area contributed by atoms with E-state index in [1.807, 2.05) is 0 Å². The van der Waals surface area contributed by atoms with Crippen LogP contribution in [0.2, 0.25) is 0 Å². The Hall–Kier alpha value is -1.49. The topological polar surface area (TPSA) is 41.1 Å². The molecule has 0 radical (unpaired) electrons. The molecule has 5 heteroatoms. The minimum absolute atomic E-state index is 0.0120. The van der Waals surface area contributed by atoms with E-state index in [9.17, 15) is 13.6 Å². The van der Waals surface area contributed by atoms with Crippen molar-refractivity contribution in [1.82, 2.24) is 10.6 Å². The van der Waals surface area contributed by atoms with Crippen LogP contribution in [-0.2, 0) is 0 Å². The van der Waals surface area contributed by atoms with E-state index < -0.39 is 23.1 Å². The van der Waals surface area contributed by atoms with Crippen molar-refractivity contribution in [2.45, 2.75) is 32.2 Å². The molecule has 1 aliphatic heterocycles. The third-order valence-corrected chi connectivity index (χ3v) is 4.80. The Labute approximate surface area is 123 Å². The van der Waals surface area contributed by atoms with E-state index in [4.69, 9.17) is 0 Å². The smallest absolute Gasteiger partial charge is 0.257 e. The van der Waals surface area contributed by atoms with Crippen LogP contribution in [0.25, 0.3) is 0 Å². The van der Waals surface area contributed by atoms with Gasteiger partial charge in [-0.05, 0) is 62.7 Å². The maximum atomic E-state index is 14.0. The lowest BCUT2D eigenvalue weighted by Gasteiger charge is -2.31. The van der Waals surface area contributed by atoms with Crippen LogP contribution in [0.1, 0.15) is 35.2 Å². The fraction of sp³-hybridized carbons (Fsp3) is 0.562. The number of aryl methyl sites for hydroxylation is 1. The molecule has 3 atom stereocenters. The van der Waals surface area contributed by atoms with Gasteiger partial charge in [0.25, 0.3) is 5.91 Å². The molecule has 2 fully saturated rings. The number of carbonyl (C=O) groups is 1. The second kappa shape index (κ2) is 5.72. The number of hydrogen-bond donors (Lipinski definition) is 2. The van der Waals surface area contributed by atoms with Crippen LogP contribution in [0.15, 0.2) is 12.1 Å². The summed E-state index contributed by atoms with van der Waals surface area (Å²) in [6, 6.07) is 2.50. The highest BCUT2D eigenvalue weighted by atomic mass is 19.1. The SMILES string of the molecule is Cc1ccc(F)c(C(=O)NC2CC[C@H]3CNC[C@H]3C2)c1F. The number of amides is 1. The van der Waals surface area contributed by atoms with Gasteiger partial charge in [0.15, 0.2) is 0 Å². The zero-order valence-electron chi connectivity index (χ0n) is 12.1. The number of benzene rings is 1. The fourth-order valence-electron chi connectivity index (χ4n) is 3.55. The van der Waals surface area contributed by atoms with Crippen molar-refractivity contribution >= 4 is 5.91 Å². The minimum atomic E-state index is -0.799. The van der Waals surface area contributed by atoms with Crippen molar-refractivity contribution in [2.24, 2.45) is 11.8 Å². The van der Waals surface area contributed by atoms with Crippen molar-refractivity contribution in [3.05, 3.63) is 34.9 Å². The van der Waals surface area contributed by atoms with E-state index in [2.05, 4.69) is 10.6 Å². The van der Waals surface area contributed by atoms with Gasteiger partial charge >= 0.3 is 0 Å². The summed E-state index contributed by atoms with van der Waals surface area (Å²) in [5.41, 5.74) is -0.174. The molecule has 1 aromatic rings. The molecular formula is C16H20F2N2O. The highest BCUT2D eigenvalue weighted by Gasteiger charge is 2.34. The maximum absolute atomic E-state index is 14.0. The normalized spacial score (nSPS) is 28.2. The average molecular weight is 294 g/mol. The van der Waals surface area contributed by atoms with E-state index >= 15 is 0 Å². The van der Waals surface area contributed by atoms with Gasteiger partial charge in [-0.25, -0.2) is 8.78 Å². The summed E-state index contributed by atoms with van der Waals surface area (Å²) in [6.07, 6.45) is 2.82. The summed E-state index contributed by atoms with van der Waals surface area (Å²) in [6.45, 7) is 3.55. The van der Waals surface area contributed by atoms with Gasteiger partial charge in [-0.1, -0.05) is 6.07 Å². The molecule has 1 aliphatic carbocycles. The maximum Gasteiger partial charge on any atom is 0.257 e. The first kappa shape index (κ1) is 14.4. The summed E-state index contributed by atoms with van der Waals surface area (Å²) in [7, 11) is 0. The van der Waals surface area contributed by atoms with E-state index in [1.54, 1.807) is 0 Å². The zero-order valence-corrected chi connectivity index (χ0v) is 12.1. The number of carbonyl (C=O) groups excluding carboxylic acids is 1. The average Bonchev–Trinajstić information content (AvgIpc) is 2.91. The van der Waals surface area contributed by atoms with Crippen LogP contribution < -0.4 is 10.6 Å². The molecule has 2 aliphatic rings. The second-order valence-electron chi connectivity index (χ2n) is 6.22. The third-order valence-electron chi connectivity index (χ3n) is 4.80. The molecule has 114 valence electrons. The lowest BCUT2D eigenvalue weighted by atomic mass is 9.79. The van der Waals surface area contributed by atoms with Gasteiger partial charge in [0.1, 0.15) is 17.2 Å². The summed E-state index contributed by atoms with van der Waals surface area (Å²) in [4.78, 5) is 12.2. The third kappa shape index (κ3) is 2.79. The van der Waals surface area contributed by atoms with Crippen molar-refractivity contribution < 1.29 is 13.6 Å². The predicted octanol–water partition coefficient (Wildman–Crippen LogP) is 2.39. The van der Waals surface area contributed by atoms with Gasteiger partial charge in [0, 0.05) is 6.04 Å². The Morgan fingerprint density at radius 1 is 1.24 bits per heavy atom. The number of rotatable bonds is 2. The first-order chi connectivity index (χ1) is 10.1. The largest absolute Gasteiger partial charge is 0.349 e. The Morgan fingerprint density at radius 2 is 2.00 bits per heavy atom. The molecule has 2 N–H and O–H groups in total. The molecule has 1 amide bonds. The Morgan fingerprint density at radius 3 is 2.81 bits per heavy atom. The van der Waals surface area contributed by atoms with E-state index in [-0.39, 0.29) is 11.6 Å². The van der Waals surface area contributed by atoms with Crippen molar-refractivity contribution in [3.63, 3.8) is 0 Å². The van der Waals surface area contributed by atoms with Gasteiger partial charge < -0.3 is 10.6 Å². The number of hydrogen-bond acceptors (Lipinski definition) is 2. The second-order valence-corrected chi connectivity index (χ2v) is 6.22. The van der Waals surface area contributed by atoms with E-state index in [0.29, 0.717) is 11.8 Å². The van der Waals surface area contributed by atoms with Crippen molar-refractivity contribution in [3.8, 4) is 0 Å². The first-order valence-corrected chi connectivity index (χ1v) is 7.52. The van der Waals surface area contributed by atoms with Gasteiger partial charge in [-0.15, -0.1) is 0 Å². The van der Waals surface area contributed by atoms with Crippen LogP contribution in [0, 0.1) is 30.4 Å². The molecule has 3 nitrogen and oxygen atoms in total. The number of nitrogens with one attached hydrogen (secondary N) is 2. The van der Waals surface area contributed by atoms with E-state index in [1.165, 1.54) is 13.0 Å². The molecular weight excluding hydrogens is 274 g/mol. The highest BCUT2D eigenvalue weighted by molar-refractivity contribution is 5.95. The Bertz CT molecular complexity index is 561. The minimum Gasteiger partial charge on any atom is -0.349 e. The molecule has 1 heterocycles. The van der Waals surface area contributed by atoms with Crippen LogP contribution in [0.5, 0.6) is 0 Å². The molecule has 0 spiro atoms. The molecule has 1 unspecified atom stereocenters. The quantitative estimate of drug-likeness (QED) is 0.879. The first-order valence-electron chi connectivity index (χ1n) is 7.52. The molecule has 0 aromatic heterocycles. The van der Waals surface area contributed by atoms with Crippen LogP contribution >= 0.6 is 0 Å². The van der Waals surface area contributed by atoms with Crippen molar-refractivity contribution in [1.29, 1.82) is 0 Å². The Balaban J connectivity index is 1.71. The summed E-state index contributed by atoms with van der Waals surface area (Å²) in [5.74, 6) is -0.944. The summed E-state index contributed by atoms with van der Waals surface area (Å²) >= 11 is 0. The molecule has 21 heavy (non-hydrogen) atoms. The standard InChI is InChI=1S/C16H20F2N2O/c1-9-2-5-13(17)14(15(9)18)16(21)20-12-4-3-10-7-19-8-11(10)6-12/h2,5,10-12,19H,3-4,6-8H2,1H3,(H,20,21)/t10-,11+,12?/m0/s1. The molecule has 1 saturated carbocycles. The lowest BCUT2D eigenvalue weighted by molar-refractivity contribution is 0.0905. The number of fused-ring (bicyclic) bond motifs is 1. The molecule has 0 bridgehead atoms. The molecule has 3 rings (SSSR count). The van der Waals surface area contributed by atoms with Crippen molar-refractivity contribution in [2.75, 3.05) is 13.1 Å².